The van der Waals surface area contributed by atoms with Gasteiger partial charge in [0.05, 0.1) is 12.1 Å². The fourth-order valence-electron chi connectivity index (χ4n) is 2.62. The molecule has 0 saturated heterocycles. The topological polar surface area (TPSA) is 64.3 Å². The molecule has 0 radical (unpaired) electrons. The second kappa shape index (κ2) is 6.86. The minimum atomic E-state index is -0.700. The molecule has 1 aromatic carbocycles. The van der Waals surface area contributed by atoms with E-state index in [1.54, 1.807) is 0 Å². The van der Waals surface area contributed by atoms with Crippen molar-refractivity contribution in [2.45, 2.75) is 51.2 Å². The Balaban J connectivity index is 2.00. The third-order valence-electron chi connectivity index (χ3n) is 3.86. The zero-order chi connectivity index (χ0) is 14.4. The van der Waals surface area contributed by atoms with Crippen molar-refractivity contribution in [3.8, 4) is 0 Å². The lowest BCUT2D eigenvalue weighted by Gasteiger charge is -2.31. The maximum Gasteiger partial charge on any atom is 0.244 e. The highest BCUT2D eigenvalue weighted by molar-refractivity contribution is 5.98. The molecule has 0 unspecified atom stereocenters. The van der Waals surface area contributed by atoms with Crippen molar-refractivity contribution >= 4 is 11.6 Å². The first-order valence-electron chi connectivity index (χ1n) is 7.41. The summed E-state index contributed by atoms with van der Waals surface area (Å²) >= 11 is 0. The molecule has 1 amide bonds. The van der Waals surface area contributed by atoms with Gasteiger partial charge < -0.3 is 15.8 Å². The van der Waals surface area contributed by atoms with Crippen molar-refractivity contribution in [1.29, 1.82) is 0 Å². The molecule has 0 aromatic heterocycles. The van der Waals surface area contributed by atoms with Gasteiger partial charge in [-0.2, -0.15) is 0 Å². The van der Waals surface area contributed by atoms with Gasteiger partial charge in [-0.15, -0.1) is 0 Å². The number of carbonyl (C=O) groups is 1. The lowest BCUT2D eigenvalue weighted by Crippen LogP contribution is -2.52. The van der Waals surface area contributed by atoms with Crippen molar-refractivity contribution in [1.82, 2.24) is 0 Å². The number of anilines is 1. The summed E-state index contributed by atoms with van der Waals surface area (Å²) < 4.78 is 5.38. The Morgan fingerprint density at radius 2 is 2.10 bits per heavy atom. The maximum atomic E-state index is 12.3. The lowest BCUT2D eigenvalue weighted by molar-refractivity contribution is -0.122. The van der Waals surface area contributed by atoms with Gasteiger partial charge >= 0.3 is 0 Å². The molecule has 0 heterocycles. The number of rotatable bonds is 5. The molecule has 0 aliphatic heterocycles. The minimum Gasteiger partial charge on any atom is -0.377 e. The number of hydrogen-bond donors (Lipinski definition) is 2. The molecule has 20 heavy (non-hydrogen) atoms. The van der Waals surface area contributed by atoms with E-state index >= 15 is 0 Å². The number of ether oxygens (including phenoxy) is 1. The summed E-state index contributed by atoms with van der Waals surface area (Å²) in [5.41, 5.74) is 7.38. The summed E-state index contributed by atoms with van der Waals surface area (Å²) in [5, 5.41) is 2.95. The molecule has 1 aliphatic carbocycles. The summed E-state index contributed by atoms with van der Waals surface area (Å²) in [6.07, 6.45) is 4.80. The molecule has 1 aromatic rings. The van der Waals surface area contributed by atoms with Crippen molar-refractivity contribution in [2.24, 2.45) is 5.73 Å². The first kappa shape index (κ1) is 15.0. The molecule has 4 nitrogen and oxygen atoms in total. The molecule has 0 atom stereocenters. The monoisotopic (exact) mass is 276 g/mol. The molecular weight excluding hydrogens is 252 g/mol. The van der Waals surface area contributed by atoms with Gasteiger partial charge in [0.1, 0.15) is 0 Å². The van der Waals surface area contributed by atoms with E-state index < -0.39 is 5.54 Å². The Labute approximate surface area is 120 Å². The summed E-state index contributed by atoms with van der Waals surface area (Å²) in [6.45, 7) is 3.21. The van der Waals surface area contributed by atoms with Crippen LogP contribution in [0.4, 0.5) is 5.69 Å². The van der Waals surface area contributed by atoms with E-state index in [2.05, 4.69) is 5.32 Å². The van der Waals surface area contributed by atoms with Gasteiger partial charge in [0.2, 0.25) is 5.91 Å². The van der Waals surface area contributed by atoms with Gasteiger partial charge in [-0.3, -0.25) is 4.79 Å². The average molecular weight is 276 g/mol. The lowest BCUT2D eigenvalue weighted by atomic mass is 9.82. The highest BCUT2D eigenvalue weighted by atomic mass is 16.5. The van der Waals surface area contributed by atoms with Gasteiger partial charge in [-0.25, -0.2) is 0 Å². The largest absolute Gasteiger partial charge is 0.377 e. The zero-order valence-electron chi connectivity index (χ0n) is 12.2. The van der Waals surface area contributed by atoms with Crippen molar-refractivity contribution in [2.75, 3.05) is 11.9 Å². The fourth-order valence-corrected chi connectivity index (χ4v) is 2.62. The van der Waals surface area contributed by atoms with Gasteiger partial charge in [-0.1, -0.05) is 31.4 Å². The predicted octanol–water partition coefficient (Wildman–Crippen LogP) is 2.82. The number of carbonyl (C=O) groups excluding carboxylic acids is 1. The first-order chi connectivity index (χ1) is 9.64. The molecule has 0 spiro atoms. The van der Waals surface area contributed by atoms with Crippen LogP contribution in [0.15, 0.2) is 24.3 Å². The minimum absolute atomic E-state index is 0.0641. The molecule has 1 saturated carbocycles. The molecule has 1 fully saturated rings. The number of benzene rings is 1. The first-order valence-corrected chi connectivity index (χ1v) is 7.41. The molecule has 2 rings (SSSR count). The third kappa shape index (κ3) is 3.81. The van der Waals surface area contributed by atoms with E-state index in [0.29, 0.717) is 13.2 Å². The average Bonchev–Trinajstić information content (AvgIpc) is 2.46. The van der Waals surface area contributed by atoms with Crippen molar-refractivity contribution in [3.05, 3.63) is 29.8 Å². The number of amides is 1. The van der Waals surface area contributed by atoms with Crippen LogP contribution >= 0.6 is 0 Å². The van der Waals surface area contributed by atoms with E-state index in [4.69, 9.17) is 10.5 Å². The van der Waals surface area contributed by atoms with Crippen LogP contribution < -0.4 is 11.1 Å². The highest BCUT2D eigenvalue weighted by Crippen LogP contribution is 2.27. The van der Waals surface area contributed by atoms with Crippen LogP contribution in [-0.4, -0.2) is 18.1 Å². The molecule has 4 heteroatoms. The third-order valence-corrected chi connectivity index (χ3v) is 3.86. The number of nitrogens with two attached hydrogens (primary N) is 1. The van der Waals surface area contributed by atoms with Gasteiger partial charge in [0, 0.05) is 12.3 Å². The molecule has 1 aliphatic rings. The molecule has 110 valence electrons. The normalized spacial score (nSPS) is 17.7. The van der Waals surface area contributed by atoms with Crippen LogP contribution in [0.3, 0.4) is 0 Å². The van der Waals surface area contributed by atoms with Crippen LogP contribution in [0, 0.1) is 0 Å². The molecule has 0 bridgehead atoms. The van der Waals surface area contributed by atoms with E-state index in [1.807, 2.05) is 31.2 Å². The van der Waals surface area contributed by atoms with E-state index in [-0.39, 0.29) is 5.91 Å². The van der Waals surface area contributed by atoms with Gasteiger partial charge in [0.25, 0.3) is 0 Å². The maximum absolute atomic E-state index is 12.3. The van der Waals surface area contributed by atoms with E-state index in [9.17, 15) is 4.79 Å². The molecular formula is C16H24N2O2. The van der Waals surface area contributed by atoms with Crippen LogP contribution in [0.25, 0.3) is 0 Å². The second-order valence-corrected chi connectivity index (χ2v) is 5.51. The van der Waals surface area contributed by atoms with Gasteiger partial charge in [0.15, 0.2) is 0 Å². The Bertz CT molecular complexity index is 454. The second-order valence-electron chi connectivity index (χ2n) is 5.51. The van der Waals surface area contributed by atoms with Crippen LogP contribution in [-0.2, 0) is 16.1 Å². The van der Waals surface area contributed by atoms with Crippen molar-refractivity contribution < 1.29 is 9.53 Å². The highest BCUT2D eigenvalue weighted by Gasteiger charge is 2.35. The van der Waals surface area contributed by atoms with Crippen molar-refractivity contribution in [3.63, 3.8) is 0 Å². The van der Waals surface area contributed by atoms with Gasteiger partial charge in [-0.05, 0) is 37.5 Å². The Kier molecular flexibility index (Phi) is 5.15. The predicted molar refractivity (Wildman–Crippen MR) is 80.4 cm³/mol. The van der Waals surface area contributed by atoms with E-state index in [0.717, 1.165) is 36.9 Å². The van der Waals surface area contributed by atoms with E-state index in [1.165, 1.54) is 6.42 Å². The smallest absolute Gasteiger partial charge is 0.244 e. The summed E-state index contributed by atoms with van der Waals surface area (Å²) in [4.78, 5) is 12.3. The Morgan fingerprint density at radius 1 is 1.35 bits per heavy atom. The Morgan fingerprint density at radius 3 is 2.80 bits per heavy atom. The quantitative estimate of drug-likeness (QED) is 0.869. The van der Waals surface area contributed by atoms with Crippen LogP contribution in [0.5, 0.6) is 0 Å². The standard InChI is InChI=1S/C16H24N2O2/c1-2-20-12-13-7-6-8-14(11-13)18-15(19)16(17)9-4-3-5-10-16/h6-8,11H,2-5,9-10,12,17H2,1H3,(H,18,19). The SMILES string of the molecule is CCOCc1cccc(NC(=O)C2(N)CCCCC2)c1. The summed E-state index contributed by atoms with van der Waals surface area (Å²) in [6, 6.07) is 7.75. The van der Waals surface area contributed by atoms with Crippen LogP contribution in [0.2, 0.25) is 0 Å². The molecule has 3 N–H and O–H groups in total. The number of nitrogens with one attached hydrogen (secondary N) is 1. The summed E-state index contributed by atoms with van der Waals surface area (Å²) in [7, 11) is 0. The zero-order valence-corrected chi connectivity index (χ0v) is 12.2. The summed E-state index contributed by atoms with van der Waals surface area (Å²) in [5.74, 6) is -0.0641. The Hall–Kier alpha value is -1.39. The number of hydrogen-bond acceptors (Lipinski definition) is 3. The fraction of sp³-hybridized carbons (Fsp3) is 0.562. The van der Waals surface area contributed by atoms with Crippen LogP contribution in [0.1, 0.15) is 44.6 Å².